The van der Waals surface area contributed by atoms with Crippen LogP contribution < -0.4 is 9.62 Å². The number of benzene rings is 2. The van der Waals surface area contributed by atoms with Crippen LogP contribution >= 0.6 is 34.9 Å². The summed E-state index contributed by atoms with van der Waals surface area (Å²) in [5.74, 6) is 0.143. The number of rotatable bonds is 6. The van der Waals surface area contributed by atoms with E-state index in [2.05, 4.69) is 38.9 Å². The molecule has 0 saturated carbocycles. The summed E-state index contributed by atoms with van der Waals surface area (Å²) in [5, 5.41) is 4.61. The fraction of sp³-hybridized carbons (Fsp3) is 0.250. The summed E-state index contributed by atoms with van der Waals surface area (Å²) in [6.07, 6.45) is 3.77. The quantitative estimate of drug-likeness (QED) is 0.368. The number of halogens is 1. The number of aromatic nitrogens is 2. The van der Waals surface area contributed by atoms with Gasteiger partial charge in [0.25, 0.3) is 0 Å². The molecule has 0 spiro atoms. The van der Waals surface area contributed by atoms with Gasteiger partial charge in [0.1, 0.15) is 6.04 Å². The zero-order valence-electron chi connectivity index (χ0n) is 19.1. The highest BCUT2D eigenvalue weighted by atomic mass is 35.5. The van der Waals surface area contributed by atoms with Crippen LogP contribution in [0, 0.1) is 0 Å². The number of nitrogens with one attached hydrogen (secondary N) is 1. The number of carbonyl (C=O) groups is 1. The van der Waals surface area contributed by atoms with E-state index < -0.39 is 0 Å². The molecule has 1 atom stereocenters. The number of hydrogen-bond donors (Lipinski definition) is 1. The van der Waals surface area contributed by atoms with Gasteiger partial charge in [-0.2, -0.15) is 0 Å². The minimum Gasteiger partial charge on any atom is -0.412 e. The highest BCUT2D eigenvalue weighted by Crippen LogP contribution is 2.28. The minimum absolute atomic E-state index is 0. The van der Waals surface area contributed by atoms with Crippen LogP contribution in [0.2, 0.25) is 5.02 Å². The monoisotopic (exact) mass is 535 g/mol. The first-order valence-corrected chi connectivity index (χ1v) is 12.9. The lowest BCUT2D eigenvalue weighted by atomic mass is 10.2. The Kier molecular flexibility index (Phi) is 9.03. The predicted octanol–water partition coefficient (Wildman–Crippen LogP) is 4.38. The summed E-state index contributed by atoms with van der Waals surface area (Å²) in [7, 11) is 0. The number of thiazole rings is 1. The molecule has 2 aromatic carbocycles. The summed E-state index contributed by atoms with van der Waals surface area (Å²) >= 11 is 9.33. The number of piperazine rings is 1. The van der Waals surface area contributed by atoms with Crippen molar-refractivity contribution in [1.29, 1.82) is 0 Å². The molecule has 0 aliphatic carbocycles. The third kappa shape index (κ3) is 5.91. The summed E-state index contributed by atoms with van der Waals surface area (Å²) in [6, 6.07) is 16.0. The van der Waals surface area contributed by atoms with E-state index >= 15 is 0 Å². The van der Waals surface area contributed by atoms with E-state index in [0.717, 1.165) is 34.0 Å². The molecule has 1 saturated heterocycles. The van der Waals surface area contributed by atoms with Crippen molar-refractivity contribution in [1.82, 2.24) is 14.5 Å². The molecule has 5 rings (SSSR count). The number of nitrogens with zero attached hydrogens (tertiary/aromatic N) is 4. The highest BCUT2D eigenvalue weighted by molar-refractivity contribution is 8.00. The van der Waals surface area contributed by atoms with Gasteiger partial charge in [-0.15, -0.1) is 11.3 Å². The zero-order chi connectivity index (χ0) is 22.8. The van der Waals surface area contributed by atoms with Gasteiger partial charge in [-0.25, -0.2) is 4.98 Å². The Hall–Kier alpha value is -2.76. The fourth-order valence-electron chi connectivity index (χ4n) is 4.15. The molecule has 5 N–H and O–H groups in total. The normalized spacial score (nSPS) is 14.2. The van der Waals surface area contributed by atoms with Crippen molar-refractivity contribution in [3.05, 3.63) is 71.3 Å². The van der Waals surface area contributed by atoms with Gasteiger partial charge in [0.15, 0.2) is 5.13 Å². The molecule has 8 nitrogen and oxygen atoms in total. The molecule has 11 heteroatoms. The first-order chi connectivity index (χ1) is 16.1. The van der Waals surface area contributed by atoms with Crippen LogP contribution in [-0.4, -0.2) is 57.5 Å². The van der Waals surface area contributed by atoms with Crippen LogP contribution in [-0.2, 0) is 4.79 Å². The predicted molar refractivity (Wildman–Crippen MR) is 148 cm³/mol. The fourth-order valence-corrected chi connectivity index (χ4v) is 5.59. The van der Waals surface area contributed by atoms with E-state index in [1.54, 1.807) is 29.5 Å². The number of fused-ring (bicyclic) bond motifs is 1. The molecule has 188 valence electrons. The third-order valence-corrected chi connectivity index (χ3v) is 7.76. The third-order valence-electron chi connectivity index (χ3n) is 5.92. The first-order valence-electron chi connectivity index (χ1n) is 10.8. The number of anilines is 2. The molecular weight excluding hydrogens is 506 g/mol. The lowest BCUT2D eigenvalue weighted by molar-refractivity contribution is -0.134. The van der Waals surface area contributed by atoms with Crippen molar-refractivity contribution in [2.24, 2.45) is 0 Å². The van der Waals surface area contributed by atoms with E-state index in [-0.39, 0.29) is 24.3 Å². The highest BCUT2D eigenvalue weighted by Gasteiger charge is 2.26. The molecule has 1 aliphatic rings. The Morgan fingerprint density at radius 3 is 2.69 bits per heavy atom. The second kappa shape index (κ2) is 11.8. The molecule has 0 radical (unpaired) electrons. The Morgan fingerprint density at radius 1 is 1.14 bits per heavy atom. The van der Waals surface area contributed by atoms with Crippen molar-refractivity contribution in [2.75, 3.05) is 35.8 Å². The van der Waals surface area contributed by atoms with Gasteiger partial charge in [0.2, 0.25) is 5.91 Å². The zero-order valence-corrected chi connectivity index (χ0v) is 21.5. The molecule has 0 unspecified atom stereocenters. The molecule has 35 heavy (non-hydrogen) atoms. The smallest absolute Gasteiger partial charge is 0.245 e. The Bertz CT molecular complexity index is 1270. The van der Waals surface area contributed by atoms with Crippen LogP contribution in [0.5, 0.6) is 0 Å². The van der Waals surface area contributed by atoms with Crippen LogP contribution in [0.15, 0.2) is 71.2 Å². The van der Waals surface area contributed by atoms with Gasteiger partial charge in [0, 0.05) is 61.0 Å². The standard InChI is InChI=1S/C24H24ClN5OS2.2H2O.H2/c1-17(30-9-7-18-5-6-19(25)15-22(18)30)23(31)29-12-10-28(11-13-29)20-3-2-4-21(16-20)33-27-24-26-8-14-32-24;;;/h2-9,14-17H,10-13H2,1H3,(H,26,27);2*1H2;1H/t17-;;;/m1.../s1. The van der Waals surface area contributed by atoms with Gasteiger partial charge in [-0.1, -0.05) is 23.7 Å². The Labute approximate surface area is 218 Å². The van der Waals surface area contributed by atoms with Gasteiger partial charge in [-0.3, -0.25) is 4.79 Å². The maximum atomic E-state index is 13.3. The van der Waals surface area contributed by atoms with E-state index in [1.165, 1.54) is 5.69 Å². The molecule has 1 fully saturated rings. The molecule has 3 heterocycles. The van der Waals surface area contributed by atoms with Crippen molar-refractivity contribution >= 4 is 62.5 Å². The Morgan fingerprint density at radius 2 is 1.94 bits per heavy atom. The van der Waals surface area contributed by atoms with Crippen LogP contribution in [0.3, 0.4) is 0 Å². The van der Waals surface area contributed by atoms with E-state index in [4.69, 9.17) is 11.6 Å². The maximum absolute atomic E-state index is 13.3. The molecule has 1 aliphatic heterocycles. The van der Waals surface area contributed by atoms with Crippen molar-refractivity contribution in [2.45, 2.75) is 17.9 Å². The van der Waals surface area contributed by atoms with Crippen molar-refractivity contribution in [3.8, 4) is 0 Å². The minimum atomic E-state index is -0.274. The molecular formula is C24H30ClN5O3S2. The molecule has 1 amide bonds. The molecule has 0 bridgehead atoms. The average Bonchev–Trinajstić information content (AvgIpc) is 3.52. The second-order valence-corrected chi connectivity index (χ2v) is 10.2. The van der Waals surface area contributed by atoms with Crippen LogP contribution in [0.4, 0.5) is 10.8 Å². The lowest BCUT2D eigenvalue weighted by Crippen LogP contribution is -2.50. The summed E-state index contributed by atoms with van der Waals surface area (Å²) < 4.78 is 5.30. The Balaban J connectivity index is 0.00000152. The summed E-state index contributed by atoms with van der Waals surface area (Å²) in [6.45, 7) is 5.00. The topological polar surface area (TPSA) is 116 Å². The van der Waals surface area contributed by atoms with Crippen molar-refractivity contribution in [3.63, 3.8) is 0 Å². The van der Waals surface area contributed by atoms with E-state index in [0.29, 0.717) is 18.1 Å². The summed E-state index contributed by atoms with van der Waals surface area (Å²) in [5.41, 5.74) is 2.16. The van der Waals surface area contributed by atoms with Crippen LogP contribution in [0.25, 0.3) is 10.9 Å². The van der Waals surface area contributed by atoms with E-state index in [9.17, 15) is 4.79 Å². The number of carbonyl (C=O) groups excluding carboxylic acids is 1. The van der Waals surface area contributed by atoms with Gasteiger partial charge in [-0.05, 0) is 60.7 Å². The van der Waals surface area contributed by atoms with E-state index in [1.807, 2.05) is 52.2 Å². The number of amides is 1. The van der Waals surface area contributed by atoms with Crippen LogP contribution in [0.1, 0.15) is 14.4 Å². The molecule has 2 aromatic heterocycles. The largest absolute Gasteiger partial charge is 0.412 e. The van der Waals surface area contributed by atoms with Crippen molar-refractivity contribution < 1.29 is 17.2 Å². The SMILES string of the molecule is C[C@H](C(=O)N1CCN(c2cccc(SNc3nccs3)c2)CC1)n1ccc2ccc(Cl)cc21.O.O.[HH]. The molecule has 4 aromatic rings. The second-order valence-electron chi connectivity index (χ2n) is 7.95. The van der Waals surface area contributed by atoms with Gasteiger partial charge >= 0.3 is 0 Å². The number of hydrogen-bond acceptors (Lipinski definition) is 6. The average molecular weight is 536 g/mol. The van der Waals surface area contributed by atoms with Gasteiger partial charge in [0.05, 0.1) is 5.52 Å². The first kappa shape index (κ1) is 26.8. The van der Waals surface area contributed by atoms with Gasteiger partial charge < -0.3 is 30.0 Å². The summed E-state index contributed by atoms with van der Waals surface area (Å²) in [4.78, 5) is 23.0. The lowest BCUT2D eigenvalue weighted by Gasteiger charge is -2.37. The maximum Gasteiger partial charge on any atom is 0.245 e.